The lowest BCUT2D eigenvalue weighted by Crippen LogP contribution is -2.44. The monoisotopic (exact) mass is 444 g/mol. The maximum atomic E-state index is 12.2. The first-order valence-electron chi connectivity index (χ1n) is 10.6. The number of rotatable bonds is 4. The van der Waals surface area contributed by atoms with Gasteiger partial charge in [-0.1, -0.05) is 5.92 Å². The molecule has 0 aromatic carbocycles. The topological polar surface area (TPSA) is 155 Å². The standard InChI is InChI=1S/C20H28N8O4/c1-3-22-19(31)16-14(29)15(30)20(32-16)28-11-23-13-17(21)24-12(25-18(13)28)5-4-6-27-9-7-26(2)8-10-27/h11,14-16,20,29-30H,3,6-10H2,1-2H3,(H,22,31)(H2,21,24,25)/t14-,15+,16-,20?/m0/s1. The third-order valence-electron chi connectivity index (χ3n) is 5.67. The van der Waals surface area contributed by atoms with Crippen molar-refractivity contribution in [3.63, 3.8) is 0 Å². The van der Waals surface area contributed by atoms with Gasteiger partial charge in [-0.2, -0.15) is 0 Å². The van der Waals surface area contributed by atoms with Crippen LogP contribution < -0.4 is 11.1 Å². The van der Waals surface area contributed by atoms with E-state index < -0.39 is 30.4 Å². The lowest BCUT2D eigenvalue weighted by Gasteiger charge is -2.30. The molecule has 4 atom stereocenters. The summed E-state index contributed by atoms with van der Waals surface area (Å²) in [6.07, 6.45) is -3.65. The van der Waals surface area contributed by atoms with Crippen molar-refractivity contribution in [2.24, 2.45) is 0 Å². The number of aliphatic hydroxyl groups is 2. The molecule has 0 bridgehead atoms. The van der Waals surface area contributed by atoms with Crippen LogP contribution in [0.25, 0.3) is 11.2 Å². The normalized spacial score (nSPS) is 26.8. The molecule has 4 rings (SSSR count). The number of aliphatic hydroxyl groups excluding tert-OH is 2. The van der Waals surface area contributed by atoms with Crippen LogP contribution in [0.2, 0.25) is 0 Å². The second-order valence-corrected chi connectivity index (χ2v) is 7.96. The van der Waals surface area contributed by atoms with Crippen molar-refractivity contribution in [3.8, 4) is 11.8 Å². The SMILES string of the molecule is CCNC(=O)[C@H]1OC(n2cnc3c(N)nc(C#CCN4CCN(C)CC4)nc32)[C@H](O)[C@@H]1O. The first kappa shape index (κ1) is 22.4. The zero-order valence-corrected chi connectivity index (χ0v) is 18.1. The van der Waals surface area contributed by atoms with Gasteiger partial charge in [0.15, 0.2) is 23.8 Å². The number of aromatic nitrogens is 4. The number of carbonyl (C=O) groups excluding carboxylic acids is 1. The average molecular weight is 444 g/mol. The summed E-state index contributed by atoms with van der Waals surface area (Å²) in [7, 11) is 2.10. The molecular formula is C20H28N8O4. The molecule has 1 unspecified atom stereocenters. The molecule has 5 N–H and O–H groups in total. The van der Waals surface area contributed by atoms with Gasteiger partial charge in [0, 0.05) is 32.7 Å². The van der Waals surface area contributed by atoms with Crippen molar-refractivity contribution in [1.82, 2.24) is 34.6 Å². The third kappa shape index (κ3) is 4.38. The fourth-order valence-corrected chi connectivity index (χ4v) is 3.80. The van der Waals surface area contributed by atoms with Crippen molar-refractivity contribution in [2.75, 3.05) is 52.0 Å². The highest BCUT2D eigenvalue weighted by Crippen LogP contribution is 2.32. The van der Waals surface area contributed by atoms with Gasteiger partial charge in [0.2, 0.25) is 5.82 Å². The van der Waals surface area contributed by atoms with Crippen LogP contribution in [0.15, 0.2) is 6.33 Å². The van der Waals surface area contributed by atoms with E-state index in [1.807, 2.05) is 0 Å². The molecule has 0 spiro atoms. The number of nitrogens with zero attached hydrogens (tertiary/aromatic N) is 6. The van der Waals surface area contributed by atoms with Gasteiger partial charge < -0.3 is 30.9 Å². The average Bonchev–Trinajstić information content (AvgIpc) is 3.31. The Hall–Kier alpha value is -2.82. The number of amides is 1. The molecule has 2 aromatic heterocycles. The molecule has 2 fully saturated rings. The molecule has 2 aliphatic rings. The van der Waals surface area contributed by atoms with Gasteiger partial charge in [-0.3, -0.25) is 14.3 Å². The van der Waals surface area contributed by atoms with Crippen molar-refractivity contribution < 1.29 is 19.7 Å². The van der Waals surface area contributed by atoms with Crippen LogP contribution in [0.5, 0.6) is 0 Å². The molecule has 4 heterocycles. The van der Waals surface area contributed by atoms with Crippen LogP contribution in [-0.2, 0) is 9.53 Å². The van der Waals surface area contributed by atoms with Gasteiger partial charge in [0.1, 0.15) is 17.7 Å². The Labute approximate surface area is 185 Å². The second kappa shape index (κ2) is 9.35. The molecule has 0 aliphatic carbocycles. The maximum absolute atomic E-state index is 12.2. The number of anilines is 1. The van der Waals surface area contributed by atoms with Gasteiger partial charge in [-0.25, -0.2) is 15.0 Å². The molecule has 2 aromatic rings. The zero-order valence-electron chi connectivity index (χ0n) is 18.1. The first-order chi connectivity index (χ1) is 15.4. The summed E-state index contributed by atoms with van der Waals surface area (Å²) < 4.78 is 7.10. The van der Waals surface area contributed by atoms with Gasteiger partial charge in [0.25, 0.3) is 5.91 Å². The molecule has 172 valence electrons. The van der Waals surface area contributed by atoms with Gasteiger partial charge in [-0.05, 0) is 19.9 Å². The van der Waals surface area contributed by atoms with Crippen LogP contribution in [-0.4, -0.2) is 110 Å². The molecule has 0 saturated carbocycles. The maximum Gasteiger partial charge on any atom is 0.252 e. The van der Waals surface area contributed by atoms with Crippen LogP contribution in [0, 0.1) is 11.8 Å². The van der Waals surface area contributed by atoms with Gasteiger partial charge >= 0.3 is 0 Å². The number of likely N-dealkylation sites (N-methyl/N-ethyl adjacent to an activating group) is 2. The molecular weight excluding hydrogens is 416 g/mol. The summed E-state index contributed by atoms with van der Waals surface area (Å²) in [5.74, 6) is 5.89. The van der Waals surface area contributed by atoms with Gasteiger partial charge in [0.05, 0.1) is 12.9 Å². The predicted octanol–water partition coefficient (Wildman–Crippen LogP) is -2.24. The predicted molar refractivity (Wildman–Crippen MR) is 115 cm³/mol. The number of imidazole rings is 1. The highest BCUT2D eigenvalue weighted by molar-refractivity contribution is 5.83. The Balaban J connectivity index is 1.56. The summed E-state index contributed by atoms with van der Waals surface area (Å²) in [6.45, 7) is 6.63. The Bertz CT molecular complexity index is 1040. The number of nitrogens with two attached hydrogens (primary N) is 1. The number of nitrogen functional groups attached to an aromatic ring is 1. The fraction of sp³-hybridized carbons (Fsp3) is 0.600. The number of piperazine rings is 1. The highest BCUT2D eigenvalue weighted by atomic mass is 16.6. The third-order valence-corrected chi connectivity index (χ3v) is 5.67. The van der Waals surface area contributed by atoms with E-state index in [0.29, 0.717) is 24.3 Å². The van der Waals surface area contributed by atoms with E-state index in [1.54, 1.807) is 6.92 Å². The smallest absolute Gasteiger partial charge is 0.252 e. The molecule has 12 heteroatoms. The van der Waals surface area contributed by atoms with E-state index in [9.17, 15) is 15.0 Å². The Morgan fingerprint density at radius 2 is 2.03 bits per heavy atom. The lowest BCUT2D eigenvalue weighted by molar-refractivity contribution is -0.137. The highest BCUT2D eigenvalue weighted by Gasteiger charge is 2.47. The van der Waals surface area contributed by atoms with Crippen LogP contribution >= 0.6 is 0 Å². The number of ether oxygens (including phenoxy) is 1. The Morgan fingerprint density at radius 1 is 1.28 bits per heavy atom. The zero-order chi connectivity index (χ0) is 22.8. The molecule has 12 nitrogen and oxygen atoms in total. The summed E-state index contributed by atoms with van der Waals surface area (Å²) >= 11 is 0. The van der Waals surface area contributed by atoms with Crippen LogP contribution in [0.1, 0.15) is 19.0 Å². The second-order valence-electron chi connectivity index (χ2n) is 7.96. The van der Waals surface area contributed by atoms with E-state index in [1.165, 1.54) is 10.9 Å². The minimum atomic E-state index is -1.40. The molecule has 32 heavy (non-hydrogen) atoms. The van der Waals surface area contributed by atoms with Crippen molar-refractivity contribution in [1.29, 1.82) is 0 Å². The molecule has 2 aliphatic heterocycles. The number of fused-ring (bicyclic) bond motifs is 1. The summed E-state index contributed by atoms with van der Waals surface area (Å²) in [6, 6.07) is 0. The van der Waals surface area contributed by atoms with Crippen LogP contribution in [0.3, 0.4) is 0 Å². The minimum Gasteiger partial charge on any atom is -0.387 e. The van der Waals surface area contributed by atoms with Crippen LogP contribution in [0.4, 0.5) is 5.82 Å². The van der Waals surface area contributed by atoms with Crippen molar-refractivity contribution in [3.05, 3.63) is 12.2 Å². The Morgan fingerprint density at radius 3 is 2.75 bits per heavy atom. The molecule has 1 amide bonds. The molecule has 2 saturated heterocycles. The van der Waals surface area contributed by atoms with Crippen molar-refractivity contribution >= 4 is 22.9 Å². The Kier molecular flexibility index (Phi) is 6.54. The van der Waals surface area contributed by atoms with Crippen molar-refractivity contribution in [2.45, 2.75) is 31.5 Å². The summed E-state index contributed by atoms with van der Waals surface area (Å²) in [5, 5.41) is 23.4. The van der Waals surface area contributed by atoms with Gasteiger partial charge in [-0.15, -0.1) is 0 Å². The number of carbonyl (C=O) groups is 1. The minimum absolute atomic E-state index is 0.144. The van der Waals surface area contributed by atoms with E-state index >= 15 is 0 Å². The number of nitrogens with one attached hydrogen (secondary N) is 1. The molecule has 0 radical (unpaired) electrons. The summed E-state index contributed by atoms with van der Waals surface area (Å²) in [5.41, 5.74) is 6.67. The number of hydrogen-bond donors (Lipinski definition) is 4. The fourth-order valence-electron chi connectivity index (χ4n) is 3.80. The van der Waals surface area contributed by atoms with E-state index in [2.05, 4.69) is 49.0 Å². The largest absolute Gasteiger partial charge is 0.387 e. The van der Waals surface area contributed by atoms with E-state index in [-0.39, 0.29) is 11.6 Å². The lowest BCUT2D eigenvalue weighted by atomic mass is 10.1. The van der Waals surface area contributed by atoms with E-state index in [0.717, 1.165) is 26.2 Å². The summed E-state index contributed by atoms with van der Waals surface area (Å²) in [4.78, 5) is 29.5. The van der Waals surface area contributed by atoms with E-state index in [4.69, 9.17) is 10.5 Å². The first-order valence-corrected chi connectivity index (χ1v) is 10.6. The quantitative estimate of drug-likeness (QED) is 0.381. The number of hydrogen-bond acceptors (Lipinski definition) is 10.